The molecule has 0 spiro atoms. The molecule has 0 heterocycles. The summed E-state index contributed by atoms with van der Waals surface area (Å²) < 4.78 is 4.88. The van der Waals surface area contributed by atoms with E-state index in [-0.39, 0.29) is 11.5 Å². The van der Waals surface area contributed by atoms with Crippen LogP contribution in [0.25, 0.3) is 0 Å². The number of unbranched alkanes of at least 4 members (excludes halogenated alkanes) is 4. The molecule has 0 amide bonds. The maximum absolute atomic E-state index is 10.7. The van der Waals surface area contributed by atoms with Gasteiger partial charge in [0.2, 0.25) is 0 Å². The number of rotatable bonds is 10. The lowest BCUT2D eigenvalue weighted by molar-refractivity contribution is -0.138. The molecule has 0 aliphatic rings. The van der Waals surface area contributed by atoms with Crippen LogP contribution in [0.5, 0.6) is 0 Å². The number of carboxylic acid groups (broad SMARTS) is 1. The summed E-state index contributed by atoms with van der Waals surface area (Å²) in [5.74, 6) is -0.427. The maximum atomic E-state index is 10.7. The highest BCUT2D eigenvalue weighted by Gasteiger charge is 1.96. The Morgan fingerprint density at radius 1 is 1.14 bits per heavy atom. The first-order valence-corrected chi connectivity index (χ1v) is 7.49. The molecule has 4 nitrogen and oxygen atoms in total. The van der Waals surface area contributed by atoms with Crippen LogP contribution in [0, 0.1) is 5.92 Å². The highest BCUT2D eigenvalue weighted by molar-refractivity contribution is 5.84. The van der Waals surface area contributed by atoms with Crippen LogP contribution in [0.4, 0.5) is 0 Å². The molecule has 4 heteroatoms. The van der Waals surface area contributed by atoms with Gasteiger partial charge in [-0.3, -0.25) is 0 Å². The fourth-order valence-electron chi connectivity index (χ4n) is 1.42. The number of hydrogen-bond acceptors (Lipinski definition) is 3. The Bertz CT molecular complexity index is 307. The molecule has 0 rings (SSSR count). The Morgan fingerprint density at radius 2 is 1.62 bits per heavy atom. The van der Waals surface area contributed by atoms with Crippen molar-refractivity contribution in [3.05, 3.63) is 24.8 Å². The van der Waals surface area contributed by atoms with Crippen LogP contribution in [-0.2, 0) is 14.3 Å². The van der Waals surface area contributed by atoms with E-state index in [1.807, 2.05) is 0 Å². The number of carbonyl (C=O) groups excluding carboxylic acids is 1. The lowest BCUT2D eigenvalue weighted by Gasteiger charge is -2.04. The van der Waals surface area contributed by atoms with E-state index in [0.29, 0.717) is 6.61 Å². The summed E-state index contributed by atoms with van der Waals surface area (Å²) in [6.07, 6.45) is 8.54. The van der Waals surface area contributed by atoms with Gasteiger partial charge in [-0.15, -0.1) is 0 Å². The third-order valence-electron chi connectivity index (χ3n) is 2.70. The third kappa shape index (κ3) is 20.9. The Balaban J connectivity index is 0. The number of carbonyl (C=O) groups is 2. The first kappa shape index (κ1) is 21.7. The third-order valence-corrected chi connectivity index (χ3v) is 2.70. The summed E-state index contributed by atoms with van der Waals surface area (Å²) in [7, 11) is 0. The van der Waals surface area contributed by atoms with E-state index in [1.54, 1.807) is 0 Å². The minimum atomic E-state index is -0.935. The van der Waals surface area contributed by atoms with Crippen LogP contribution in [0.1, 0.15) is 59.3 Å². The average Bonchev–Trinajstić information content (AvgIpc) is 2.41. The normalized spacial score (nSPS) is 9.52. The number of carboxylic acids is 1. The molecule has 0 atom stereocenters. The molecule has 0 fully saturated rings. The largest absolute Gasteiger partial charge is 0.478 e. The van der Waals surface area contributed by atoms with E-state index in [1.165, 1.54) is 38.7 Å². The number of hydrogen-bond donors (Lipinski definition) is 1. The van der Waals surface area contributed by atoms with Gasteiger partial charge in [-0.25, -0.2) is 9.59 Å². The number of esters is 1. The molecule has 0 radical (unpaired) electrons. The standard InChI is InChI=1S/C13H24O2.C4H6O2/c1-4-13(14)15-11-9-7-5-6-8-10-12(2)3;1-3(2)4(5)6/h4,12H,1,5-11H2,2-3H3;1H2,2H3,(H,5,6). The second-order valence-electron chi connectivity index (χ2n) is 5.41. The van der Waals surface area contributed by atoms with Crippen molar-refractivity contribution >= 4 is 11.9 Å². The van der Waals surface area contributed by atoms with Crippen molar-refractivity contribution in [2.75, 3.05) is 6.61 Å². The Morgan fingerprint density at radius 3 is 2.05 bits per heavy atom. The minimum absolute atomic E-state index is 0.176. The van der Waals surface area contributed by atoms with Crippen LogP contribution in [0.3, 0.4) is 0 Å². The molecule has 0 aliphatic carbocycles. The van der Waals surface area contributed by atoms with E-state index in [2.05, 4.69) is 27.0 Å². The van der Waals surface area contributed by atoms with Crippen molar-refractivity contribution in [3.63, 3.8) is 0 Å². The highest BCUT2D eigenvalue weighted by Crippen LogP contribution is 2.10. The van der Waals surface area contributed by atoms with Gasteiger partial charge in [-0.05, 0) is 19.3 Å². The minimum Gasteiger partial charge on any atom is -0.478 e. The molecule has 1 N–H and O–H groups in total. The molecule has 0 aliphatic heterocycles. The van der Waals surface area contributed by atoms with Gasteiger partial charge in [0.25, 0.3) is 0 Å². The van der Waals surface area contributed by atoms with E-state index in [9.17, 15) is 9.59 Å². The Labute approximate surface area is 128 Å². The molecule has 21 heavy (non-hydrogen) atoms. The second-order valence-corrected chi connectivity index (χ2v) is 5.41. The Hall–Kier alpha value is -1.58. The van der Waals surface area contributed by atoms with Gasteiger partial charge in [0, 0.05) is 11.6 Å². The summed E-state index contributed by atoms with van der Waals surface area (Å²) in [6, 6.07) is 0. The van der Waals surface area contributed by atoms with Crippen molar-refractivity contribution < 1.29 is 19.4 Å². The first-order valence-electron chi connectivity index (χ1n) is 7.49. The lowest BCUT2D eigenvalue weighted by atomic mass is 10.0. The summed E-state index contributed by atoms with van der Waals surface area (Å²) in [6.45, 7) is 13.0. The predicted octanol–water partition coefficient (Wildman–Crippen LogP) is 4.36. The van der Waals surface area contributed by atoms with Gasteiger partial charge in [0.15, 0.2) is 0 Å². The quantitative estimate of drug-likeness (QED) is 0.370. The van der Waals surface area contributed by atoms with Crippen molar-refractivity contribution in [1.29, 1.82) is 0 Å². The van der Waals surface area contributed by atoms with Crippen molar-refractivity contribution in [2.24, 2.45) is 5.92 Å². The van der Waals surface area contributed by atoms with Crippen molar-refractivity contribution in [1.82, 2.24) is 0 Å². The smallest absolute Gasteiger partial charge is 0.330 e. The molecule has 0 saturated heterocycles. The van der Waals surface area contributed by atoms with Gasteiger partial charge < -0.3 is 9.84 Å². The van der Waals surface area contributed by atoms with Crippen LogP contribution >= 0.6 is 0 Å². The van der Waals surface area contributed by atoms with Crippen molar-refractivity contribution in [2.45, 2.75) is 59.3 Å². The van der Waals surface area contributed by atoms with Gasteiger partial charge in [-0.2, -0.15) is 0 Å². The molecule has 0 aromatic rings. The van der Waals surface area contributed by atoms with Gasteiger partial charge in [0.05, 0.1) is 6.61 Å². The van der Waals surface area contributed by atoms with Gasteiger partial charge in [0.1, 0.15) is 0 Å². The molecule has 0 aromatic heterocycles. The van der Waals surface area contributed by atoms with Crippen LogP contribution in [-0.4, -0.2) is 23.7 Å². The maximum Gasteiger partial charge on any atom is 0.330 e. The highest BCUT2D eigenvalue weighted by atomic mass is 16.5. The topological polar surface area (TPSA) is 63.6 Å². The fourth-order valence-corrected chi connectivity index (χ4v) is 1.42. The summed E-state index contributed by atoms with van der Waals surface area (Å²) in [5, 5.41) is 7.89. The van der Waals surface area contributed by atoms with Crippen molar-refractivity contribution in [3.8, 4) is 0 Å². The number of ether oxygens (including phenoxy) is 1. The molecular weight excluding hydrogens is 268 g/mol. The molecule has 0 saturated carbocycles. The summed E-state index contributed by atoms with van der Waals surface area (Å²) >= 11 is 0. The average molecular weight is 298 g/mol. The predicted molar refractivity (Wildman–Crippen MR) is 86.1 cm³/mol. The van der Waals surface area contributed by atoms with Crippen LogP contribution < -0.4 is 0 Å². The fraction of sp³-hybridized carbons (Fsp3) is 0.647. The van der Waals surface area contributed by atoms with Gasteiger partial charge >= 0.3 is 11.9 Å². The summed E-state index contributed by atoms with van der Waals surface area (Å²) in [5.41, 5.74) is 0.176. The monoisotopic (exact) mass is 298 g/mol. The Kier molecular flexibility index (Phi) is 15.3. The SMILES string of the molecule is C=C(C)C(=O)O.C=CC(=O)OCCCCCCCC(C)C. The zero-order valence-electron chi connectivity index (χ0n) is 13.7. The van der Waals surface area contributed by atoms with E-state index >= 15 is 0 Å². The van der Waals surface area contributed by atoms with E-state index < -0.39 is 5.97 Å². The van der Waals surface area contributed by atoms with Crippen LogP contribution in [0.2, 0.25) is 0 Å². The lowest BCUT2D eigenvalue weighted by Crippen LogP contribution is -2.01. The second kappa shape index (κ2) is 14.8. The summed E-state index contributed by atoms with van der Waals surface area (Å²) in [4.78, 5) is 20.3. The molecule has 0 unspecified atom stereocenters. The molecule has 0 bridgehead atoms. The zero-order chi connectivity index (χ0) is 16.7. The zero-order valence-corrected chi connectivity index (χ0v) is 13.7. The number of aliphatic carboxylic acids is 1. The van der Waals surface area contributed by atoms with E-state index in [4.69, 9.17) is 9.84 Å². The van der Waals surface area contributed by atoms with E-state index in [0.717, 1.165) is 18.8 Å². The molecule has 0 aromatic carbocycles. The first-order chi connectivity index (χ1) is 9.81. The molecular formula is C17H30O4. The van der Waals surface area contributed by atoms with Gasteiger partial charge in [-0.1, -0.05) is 59.1 Å². The van der Waals surface area contributed by atoms with Crippen LogP contribution in [0.15, 0.2) is 24.8 Å². The molecule has 122 valence electrons.